The van der Waals surface area contributed by atoms with Crippen LogP contribution in [0.15, 0.2) is 24.3 Å². The largest absolute Gasteiger partial charge is 0.508 e. The molecule has 6 nitrogen and oxygen atoms in total. The second-order valence-corrected chi connectivity index (χ2v) is 4.33. The number of likely N-dealkylation sites (N-methyl/N-ethyl adjacent to an activating group) is 1. The summed E-state index contributed by atoms with van der Waals surface area (Å²) < 4.78 is 0. The molecular weight excluding hydrogens is 234 g/mol. The van der Waals surface area contributed by atoms with Crippen molar-refractivity contribution < 1.29 is 14.7 Å². The molecule has 0 aromatic heterocycles. The normalized spacial score (nSPS) is 19.2. The summed E-state index contributed by atoms with van der Waals surface area (Å²) in [5.41, 5.74) is 0.535. The van der Waals surface area contributed by atoms with E-state index in [1.165, 1.54) is 17.0 Å². The van der Waals surface area contributed by atoms with Crippen molar-refractivity contribution in [2.45, 2.75) is 13.0 Å². The van der Waals surface area contributed by atoms with Gasteiger partial charge in [-0.15, -0.1) is 0 Å². The van der Waals surface area contributed by atoms with E-state index in [4.69, 9.17) is 5.11 Å². The van der Waals surface area contributed by atoms with Crippen molar-refractivity contribution in [2.24, 2.45) is 0 Å². The Kier molecular flexibility index (Phi) is 3.10. The quantitative estimate of drug-likeness (QED) is 0.744. The van der Waals surface area contributed by atoms with Crippen molar-refractivity contribution in [2.75, 3.05) is 18.9 Å². The zero-order valence-corrected chi connectivity index (χ0v) is 10.3. The molecule has 18 heavy (non-hydrogen) atoms. The molecule has 0 aliphatic carbocycles. The first-order valence-electron chi connectivity index (χ1n) is 5.63. The molecule has 6 heteroatoms. The third kappa shape index (κ3) is 2.22. The number of phenolic OH excluding ortho intramolecular Hbond substituents is 1. The number of urea groups is 2. The molecule has 2 N–H and O–H groups in total. The van der Waals surface area contributed by atoms with Crippen LogP contribution in [0, 0.1) is 0 Å². The van der Waals surface area contributed by atoms with Gasteiger partial charge in [-0.2, -0.15) is 0 Å². The molecule has 96 valence electrons. The van der Waals surface area contributed by atoms with Crippen LogP contribution in [0.1, 0.15) is 6.92 Å². The fourth-order valence-corrected chi connectivity index (χ4v) is 1.75. The van der Waals surface area contributed by atoms with E-state index in [1.807, 2.05) is 6.92 Å². The van der Waals surface area contributed by atoms with Gasteiger partial charge in [-0.05, 0) is 31.2 Å². The zero-order chi connectivity index (χ0) is 13.3. The van der Waals surface area contributed by atoms with Gasteiger partial charge in [0.05, 0.1) is 6.54 Å². The van der Waals surface area contributed by atoms with E-state index in [2.05, 4.69) is 5.32 Å². The Balaban J connectivity index is 2.05. The van der Waals surface area contributed by atoms with E-state index in [-0.39, 0.29) is 17.8 Å². The molecular formula is C12H15N3O3. The van der Waals surface area contributed by atoms with Gasteiger partial charge in [-0.1, -0.05) is 0 Å². The third-order valence-electron chi connectivity index (χ3n) is 3.00. The van der Waals surface area contributed by atoms with Crippen molar-refractivity contribution >= 4 is 17.7 Å². The number of amides is 4. The van der Waals surface area contributed by atoms with E-state index in [0.717, 1.165) is 4.90 Å². The lowest BCUT2D eigenvalue weighted by Gasteiger charge is -2.15. The van der Waals surface area contributed by atoms with Crippen LogP contribution in [0.4, 0.5) is 15.3 Å². The Morgan fingerprint density at radius 3 is 2.50 bits per heavy atom. The number of aromatic hydroxyl groups is 1. The van der Waals surface area contributed by atoms with Crippen LogP contribution < -0.4 is 5.32 Å². The molecule has 1 aliphatic rings. The molecule has 4 amide bonds. The lowest BCUT2D eigenvalue weighted by atomic mass is 10.3. The number of nitrogens with zero attached hydrogens (tertiary/aromatic N) is 2. The molecule has 1 heterocycles. The first-order valence-corrected chi connectivity index (χ1v) is 5.63. The van der Waals surface area contributed by atoms with Crippen LogP contribution in [0.25, 0.3) is 0 Å². The zero-order valence-electron chi connectivity index (χ0n) is 10.3. The van der Waals surface area contributed by atoms with Gasteiger partial charge >= 0.3 is 12.1 Å². The molecule has 1 saturated heterocycles. The van der Waals surface area contributed by atoms with Crippen molar-refractivity contribution in [3.8, 4) is 5.75 Å². The predicted octanol–water partition coefficient (Wildman–Crippen LogP) is 1.68. The maximum Gasteiger partial charge on any atom is 0.330 e. The molecule has 1 fully saturated rings. The summed E-state index contributed by atoms with van der Waals surface area (Å²) in [6, 6.07) is 5.33. The molecule has 0 radical (unpaired) electrons. The van der Waals surface area contributed by atoms with Crippen molar-refractivity contribution in [1.29, 1.82) is 0 Å². The Morgan fingerprint density at radius 1 is 1.39 bits per heavy atom. The highest BCUT2D eigenvalue weighted by molar-refractivity contribution is 6.01. The maximum atomic E-state index is 11.9. The van der Waals surface area contributed by atoms with Gasteiger partial charge in [0.1, 0.15) is 5.75 Å². The van der Waals surface area contributed by atoms with E-state index in [1.54, 1.807) is 19.2 Å². The van der Waals surface area contributed by atoms with Crippen molar-refractivity contribution in [1.82, 2.24) is 9.80 Å². The molecule has 1 aromatic carbocycles. The molecule has 0 saturated carbocycles. The number of hydrogen-bond donors (Lipinski definition) is 2. The average molecular weight is 249 g/mol. The minimum Gasteiger partial charge on any atom is -0.508 e. The molecule has 1 atom stereocenters. The molecule has 0 bridgehead atoms. The lowest BCUT2D eigenvalue weighted by molar-refractivity contribution is 0.194. The standard InChI is InChI=1S/C12H15N3O3/c1-8-7-15(12(18)14(8)2)11(17)13-9-3-5-10(16)6-4-9/h3-6,8,16H,7H2,1-2H3,(H,13,17). The second-order valence-electron chi connectivity index (χ2n) is 4.33. The van der Waals surface area contributed by atoms with E-state index < -0.39 is 6.03 Å². The second kappa shape index (κ2) is 4.56. The molecule has 0 spiro atoms. The molecule has 2 rings (SSSR count). The third-order valence-corrected chi connectivity index (χ3v) is 3.00. The first kappa shape index (κ1) is 12.2. The average Bonchev–Trinajstić information content (AvgIpc) is 2.60. The number of nitrogens with one attached hydrogen (secondary N) is 1. The van der Waals surface area contributed by atoms with E-state index in [9.17, 15) is 9.59 Å². The minimum absolute atomic E-state index is 0.0167. The SMILES string of the molecule is CC1CN(C(=O)Nc2ccc(O)cc2)C(=O)N1C. The Bertz CT molecular complexity index is 472. The van der Waals surface area contributed by atoms with Gasteiger partial charge < -0.3 is 15.3 Å². The minimum atomic E-state index is -0.457. The maximum absolute atomic E-state index is 11.9. The highest BCUT2D eigenvalue weighted by Crippen LogP contribution is 2.17. The van der Waals surface area contributed by atoms with Crippen LogP contribution in [0.3, 0.4) is 0 Å². The summed E-state index contributed by atoms with van der Waals surface area (Å²) >= 11 is 0. The number of phenols is 1. The number of anilines is 1. The Morgan fingerprint density at radius 2 is 2.00 bits per heavy atom. The molecule has 1 aliphatic heterocycles. The summed E-state index contributed by atoms with van der Waals surface area (Å²) in [4.78, 5) is 26.3. The van der Waals surface area contributed by atoms with Crippen LogP contribution in [0.5, 0.6) is 5.75 Å². The van der Waals surface area contributed by atoms with Gasteiger partial charge in [0, 0.05) is 18.8 Å². The van der Waals surface area contributed by atoms with Gasteiger partial charge in [0.15, 0.2) is 0 Å². The predicted molar refractivity (Wildman–Crippen MR) is 66.5 cm³/mol. The molecule has 1 aromatic rings. The fourth-order valence-electron chi connectivity index (χ4n) is 1.75. The highest BCUT2D eigenvalue weighted by atomic mass is 16.3. The van der Waals surface area contributed by atoms with Gasteiger partial charge in [-0.3, -0.25) is 0 Å². The van der Waals surface area contributed by atoms with Crippen molar-refractivity contribution in [3.05, 3.63) is 24.3 Å². The Hall–Kier alpha value is -2.24. The van der Waals surface area contributed by atoms with Crippen LogP contribution in [0.2, 0.25) is 0 Å². The molecule has 1 unspecified atom stereocenters. The van der Waals surface area contributed by atoms with E-state index >= 15 is 0 Å². The van der Waals surface area contributed by atoms with Crippen LogP contribution in [-0.2, 0) is 0 Å². The van der Waals surface area contributed by atoms with Gasteiger partial charge in [0.2, 0.25) is 0 Å². The summed E-state index contributed by atoms with van der Waals surface area (Å²) in [6.45, 7) is 2.25. The Labute approximate surface area is 105 Å². The number of rotatable bonds is 1. The van der Waals surface area contributed by atoms with Gasteiger partial charge in [0.25, 0.3) is 0 Å². The summed E-state index contributed by atoms with van der Waals surface area (Å²) in [5, 5.41) is 11.7. The fraction of sp³-hybridized carbons (Fsp3) is 0.333. The van der Waals surface area contributed by atoms with Crippen LogP contribution >= 0.6 is 0 Å². The van der Waals surface area contributed by atoms with Crippen molar-refractivity contribution in [3.63, 3.8) is 0 Å². The van der Waals surface area contributed by atoms with Gasteiger partial charge in [-0.25, -0.2) is 14.5 Å². The summed E-state index contributed by atoms with van der Waals surface area (Å²) in [6.07, 6.45) is 0. The topological polar surface area (TPSA) is 72.9 Å². The highest BCUT2D eigenvalue weighted by Gasteiger charge is 2.35. The van der Waals surface area contributed by atoms with E-state index in [0.29, 0.717) is 12.2 Å². The number of hydrogen-bond acceptors (Lipinski definition) is 3. The summed E-state index contributed by atoms with van der Waals surface area (Å²) in [5.74, 6) is 0.124. The number of carbonyl (C=O) groups is 2. The number of imide groups is 1. The number of benzene rings is 1. The van der Waals surface area contributed by atoms with Crippen LogP contribution in [-0.4, -0.2) is 46.6 Å². The summed E-state index contributed by atoms with van der Waals surface area (Å²) in [7, 11) is 1.67. The monoisotopic (exact) mass is 249 g/mol. The first-order chi connectivity index (χ1) is 8.49. The lowest BCUT2D eigenvalue weighted by Crippen LogP contribution is -2.37. The number of carbonyl (C=O) groups excluding carboxylic acids is 2. The smallest absolute Gasteiger partial charge is 0.330 e.